The molecule has 1 heterocycles. The van der Waals surface area contributed by atoms with Crippen LogP contribution in [0, 0.1) is 12.8 Å². The molecule has 8 nitrogen and oxygen atoms in total. The lowest BCUT2D eigenvalue weighted by atomic mass is 10.1. The first-order valence-electron chi connectivity index (χ1n) is 11.1. The van der Waals surface area contributed by atoms with Gasteiger partial charge in [-0.1, -0.05) is 32.0 Å². The molecule has 1 atom stereocenters. The number of nitrogens with one attached hydrogen (secondary N) is 2. The molecule has 9 heteroatoms. The van der Waals surface area contributed by atoms with Crippen molar-refractivity contribution in [2.24, 2.45) is 5.92 Å². The first-order chi connectivity index (χ1) is 15.7. The van der Waals surface area contributed by atoms with Crippen molar-refractivity contribution in [1.29, 1.82) is 0 Å². The standard InChI is InChI=1S/C24H31N3O5S/c1-17(2)23(26-33(30,31)20-9-5-4-6-10-20)24(29)32-16-22(28)25-21-12-11-19(15-18(21)3)27-13-7-8-14-27/h4-6,9-12,15,17,23,26H,7-8,13-14,16H2,1-3H3,(H,25,28)/t23-/m0/s1. The first-order valence-corrected chi connectivity index (χ1v) is 12.5. The van der Waals surface area contributed by atoms with Gasteiger partial charge in [0.25, 0.3) is 5.91 Å². The summed E-state index contributed by atoms with van der Waals surface area (Å²) in [7, 11) is -3.91. The van der Waals surface area contributed by atoms with Gasteiger partial charge >= 0.3 is 5.97 Å². The van der Waals surface area contributed by atoms with E-state index >= 15 is 0 Å². The highest BCUT2D eigenvalue weighted by molar-refractivity contribution is 7.89. The lowest BCUT2D eigenvalue weighted by Gasteiger charge is -2.21. The Morgan fingerprint density at radius 1 is 1.06 bits per heavy atom. The van der Waals surface area contributed by atoms with Gasteiger partial charge in [-0.25, -0.2) is 8.42 Å². The third kappa shape index (κ3) is 6.55. The molecule has 0 aliphatic carbocycles. The summed E-state index contributed by atoms with van der Waals surface area (Å²) < 4.78 is 32.7. The number of benzene rings is 2. The van der Waals surface area contributed by atoms with Gasteiger partial charge in [-0.05, 0) is 61.6 Å². The maximum atomic E-state index is 12.6. The molecule has 0 unspecified atom stereocenters. The molecule has 178 valence electrons. The number of amides is 1. The van der Waals surface area contributed by atoms with Gasteiger partial charge in [0.2, 0.25) is 10.0 Å². The average Bonchev–Trinajstić information content (AvgIpc) is 3.33. The van der Waals surface area contributed by atoms with E-state index in [2.05, 4.69) is 14.9 Å². The molecule has 2 aromatic rings. The molecular formula is C24H31N3O5S. The van der Waals surface area contributed by atoms with E-state index in [4.69, 9.17) is 4.74 Å². The molecule has 0 saturated carbocycles. The van der Waals surface area contributed by atoms with Crippen molar-refractivity contribution in [3.63, 3.8) is 0 Å². The van der Waals surface area contributed by atoms with Crippen molar-refractivity contribution < 1.29 is 22.7 Å². The third-order valence-electron chi connectivity index (χ3n) is 5.56. The quantitative estimate of drug-likeness (QED) is 0.543. The van der Waals surface area contributed by atoms with Crippen molar-refractivity contribution >= 4 is 33.3 Å². The Balaban J connectivity index is 1.57. The molecule has 1 fully saturated rings. The Bertz CT molecular complexity index is 1080. The number of nitrogens with zero attached hydrogens (tertiary/aromatic N) is 1. The van der Waals surface area contributed by atoms with Crippen LogP contribution in [0.2, 0.25) is 0 Å². The van der Waals surface area contributed by atoms with E-state index in [1.54, 1.807) is 32.0 Å². The summed E-state index contributed by atoms with van der Waals surface area (Å²) in [6.07, 6.45) is 2.36. The number of hydrogen-bond donors (Lipinski definition) is 2. The number of carbonyl (C=O) groups excluding carboxylic acids is 2. The van der Waals surface area contributed by atoms with Crippen molar-refractivity contribution in [2.45, 2.75) is 44.6 Å². The summed E-state index contributed by atoms with van der Waals surface area (Å²) in [6.45, 7) is 6.87. The molecule has 1 amide bonds. The highest BCUT2D eigenvalue weighted by atomic mass is 32.2. The SMILES string of the molecule is Cc1cc(N2CCCC2)ccc1NC(=O)COC(=O)[C@@H](NS(=O)(=O)c1ccccc1)C(C)C. The summed E-state index contributed by atoms with van der Waals surface area (Å²) >= 11 is 0. The van der Waals surface area contributed by atoms with Crippen LogP contribution in [0.3, 0.4) is 0 Å². The Labute approximate surface area is 195 Å². The number of sulfonamides is 1. The van der Waals surface area contributed by atoms with Crippen LogP contribution < -0.4 is 14.9 Å². The largest absolute Gasteiger partial charge is 0.454 e. The van der Waals surface area contributed by atoms with E-state index in [0.29, 0.717) is 5.69 Å². The van der Waals surface area contributed by atoms with Gasteiger partial charge in [0.05, 0.1) is 4.90 Å². The lowest BCUT2D eigenvalue weighted by molar-refractivity contribution is -0.150. The lowest BCUT2D eigenvalue weighted by Crippen LogP contribution is -2.45. The van der Waals surface area contributed by atoms with Crippen molar-refractivity contribution in [1.82, 2.24) is 4.72 Å². The van der Waals surface area contributed by atoms with Crippen LogP contribution in [0.5, 0.6) is 0 Å². The fourth-order valence-corrected chi connectivity index (χ4v) is 5.02. The van der Waals surface area contributed by atoms with Gasteiger partial charge in [-0.2, -0.15) is 4.72 Å². The number of rotatable bonds is 9. The number of anilines is 2. The van der Waals surface area contributed by atoms with E-state index in [9.17, 15) is 18.0 Å². The summed E-state index contributed by atoms with van der Waals surface area (Å²) in [5.41, 5.74) is 2.68. The molecule has 3 rings (SSSR count). The molecule has 2 aromatic carbocycles. The summed E-state index contributed by atoms with van der Waals surface area (Å²) in [6, 6.07) is 12.5. The smallest absolute Gasteiger partial charge is 0.324 e. The van der Waals surface area contributed by atoms with E-state index in [-0.39, 0.29) is 10.8 Å². The number of hydrogen-bond acceptors (Lipinski definition) is 6. The molecule has 1 aliphatic rings. The van der Waals surface area contributed by atoms with E-state index in [1.165, 1.54) is 25.0 Å². The van der Waals surface area contributed by atoms with Crippen LogP contribution in [-0.2, 0) is 24.3 Å². The fourth-order valence-electron chi connectivity index (χ4n) is 3.66. The monoisotopic (exact) mass is 473 g/mol. The van der Waals surface area contributed by atoms with Crippen LogP contribution in [0.4, 0.5) is 11.4 Å². The van der Waals surface area contributed by atoms with Gasteiger partial charge in [0.1, 0.15) is 6.04 Å². The number of aryl methyl sites for hydroxylation is 1. The van der Waals surface area contributed by atoms with Crippen molar-refractivity contribution in [3.8, 4) is 0 Å². The maximum absolute atomic E-state index is 12.6. The molecule has 1 aliphatic heterocycles. The minimum atomic E-state index is -3.91. The zero-order valence-electron chi connectivity index (χ0n) is 19.2. The predicted octanol–water partition coefficient (Wildman–Crippen LogP) is 3.08. The number of carbonyl (C=O) groups is 2. The van der Waals surface area contributed by atoms with Crippen LogP contribution in [-0.4, -0.2) is 46.0 Å². The summed E-state index contributed by atoms with van der Waals surface area (Å²) in [5.74, 6) is -1.67. The Hall–Kier alpha value is -2.91. The molecule has 1 saturated heterocycles. The Morgan fingerprint density at radius 2 is 1.73 bits per heavy atom. The minimum absolute atomic E-state index is 0.0500. The second-order valence-electron chi connectivity index (χ2n) is 8.51. The number of ether oxygens (including phenoxy) is 1. The van der Waals surface area contributed by atoms with Crippen LogP contribution in [0.25, 0.3) is 0 Å². The summed E-state index contributed by atoms with van der Waals surface area (Å²) in [5, 5.41) is 2.75. The molecule has 2 N–H and O–H groups in total. The van der Waals surface area contributed by atoms with Gasteiger partial charge < -0.3 is 15.0 Å². The molecule has 0 bridgehead atoms. The van der Waals surface area contributed by atoms with Crippen LogP contribution >= 0.6 is 0 Å². The van der Waals surface area contributed by atoms with E-state index in [0.717, 1.165) is 24.3 Å². The molecule has 0 spiro atoms. The second-order valence-corrected chi connectivity index (χ2v) is 10.2. The number of esters is 1. The fraction of sp³-hybridized carbons (Fsp3) is 0.417. The third-order valence-corrected chi connectivity index (χ3v) is 7.01. The zero-order valence-corrected chi connectivity index (χ0v) is 20.0. The highest BCUT2D eigenvalue weighted by Crippen LogP contribution is 2.25. The second kappa shape index (κ2) is 10.8. The predicted molar refractivity (Wildman–Crippen MR) is 128 cm³/mol. The summed E-state index contributed by atoms with van der Waals surface area (Å²) in [4.78, 5) is 27.3. The van der Waals surface area contributed by atoms with Gasteiger partial charge in [-0.3, -0.25) is 9.59 Å². The van der Waals surface area contributed by atoms with Crippen LogP contribution in [0.15, 0.2) is 53.4 Å². The van der Waals surface area contributed by atoms with Gasteiger partial charge in [0, 0.05) is 24.5 Å². The Morgan fingerprint density at radius 3 is 2.33 bits per heavy atom. The topological polar surface area (TPSA) is 105 Å². The highest BCUT2D eigenvalue weighted by Gasteiger charge is 2.30. The molecular weight excluding hydrogens is 442 g/mol. The van der Waals surface area contributed by atoms with E-state index < -0.39 is 34.5 Å². The van der Waals surface area contributed by atoms with Crippen molar-refractivity contribution in [2.75, 3.05) is 29.9 Å². The Kier molecular flexibility index (Phi) is 8.10. The van der Waals surface area contributed by atoms with Crippen molar-refractivity contribution in [3.05, 3.63) is 54.1 Å². The molecule has 33 heavy (non-hydrogen) atoms. The molecule has 0 aromatic heterocycles. The normalized spacial score (nSPS) is 14.8. The first kappa shape index (κ1) is 24.7. The molecule has 0 radical (unpaired) electrons. The maximum Gasteiger partial charge on any atom is 0.324 e. The minimum Gasteiger partial charge on any atom is -0.454 e. The zero-order chi connectivity index (χ0) is 24.0. The van der Waals surface area contributed by atoms with Gasteiger partial charge in [0.15, 0.2) is 6.61 Å². The average molecular weight is 474 g/mol. The van der Waals surface area contributed by atoms with Gasteiger partial charge in [-0.15, -0.1) is 0 Å². The van der Waals surface area contributed by atoms with E-state index in [1.807, 2.05) is 25.1 Å². The van der Waals surface area contributed by atoms with Crippen LogP contribution in [0.1, 0.15) is 32.3 Å².